The molecule has 0 atom stereocenters. The van der Waals surface area contributed by atoms with Crippen molar-refractivity contribution in [3.8, 4) is 10.6 Å². The largest absolute Gasteiger partial charge is 0.391 e. The number of nitrogens with two attached hydrogens (primary N) is 1. The van der Waals surface area contributed by atoms with Gasteiger partial charge in [0.05, 0.1) is 5.00 Å². The van der Waals surface area contributed by atoms with Crippen molar-refractivity contribution in [2.45, 2.75) is 20.8 Å². The van der Waals surface area contributed by atoms with Gasteiger partial charge in [-0.2, -0.15) is 0 Å². The number of pyridine rings is 1. The summed E-state index contributed by atoms with van der Waals surface area (Å²) in [6.45, 7) is 6.39. The van der Waals surface area contributed by atoms with Gasteiger partial charge >= 0.3 is 0 Å². The Bertz CT molecular complexity index is 541. The molecule has 2 nitrogen and oxygen atoms in total. The lowest BCUT2D eigenvalue weighted by Gasteiger charge is -2.03. The van der Waals surface area contributed by atoms with Crippen LogP contribution in [0, 0.1) is 20.8 Å². The molecular formula is C13H17N2S+. The van der Waals surface area contributed by atoms with Crippen molar-refractivity contribution in [3.05, 3.63) is 35.0 Å². The molecule has 2 heterocycles. The lowest BCUT2D eigenvalue weighted by molar-refractivity contribution is -0.660. The first-order chi connectivity index (χ1) is 7.49. The van der Waals surface area contributed by atoms with Crippen LogP contribution in [0.25, 0.3) is 10.6 Å². The fourth-order valence-electron chi connectivity index (χ4n) is 1.87. The van der Waals surface area contributed by atoms with Crippen LogP contribution in [-0.2, 0) is 7.05 Å². The number of thiophene rings is 1. The van der Waals surface area contributed by atoms with Crippen LogP contribution in [-0.4, -0.2) is 0 Å². The van der Waals surface area contributed by atoms with E-state index in [0.29, 0.717) is 0 Å². The van der Waals surface area contributed by atoms with Crippen molar-refractivity contribution in [3.63, 3.8) is 0 Å². The minimum absolute atomic E-state index is 0.880. The van der Waals surface area contributed by atoms with Crippen LogP contribution in [0.2, 0.25) is 0 Å². The van der Waals surface area contributed by atoms with E-state index in [1.54, 1.807) is 11.3 Å². The molecule has 0 aliphatic rings. The van der Waals surface area contributed by atoms with Gasteiger partial charge in [-0.3, -0.25) is 0 Å². The summed E-state index contributed by atoms with van der Waals surface area (Å²) in [7, 11) is 2.08. The van der Waals surface area contributed by atoms with Gasteiger partial charge in [0.25, 0.3) is 0 Å². The first-order valence-corrected chi connectivity index (χ1v) is 6.14. The summed E-state index contributed by atoms with van der Waals surface area (Å²) in [5, 5.41) is 0.880. The molecule has 0 saturated carbocycles. The number of aryl methyl sites for hydroxylation is 4. The third-order valence-corrected chi connectivity index (χ3v) is 4.00. The van der Waals surface area contributed by atoms with Gasteiger partial charge in [0.2, 0.25) is 5.69 Å². The number of anilines is 1. The molecule has 0 bridgehead atoms. The molecule has 0 amide bonds. The van der Waals surface area contributed by atoms with Gasteiger partial charge in [-0.25, -0.2) is 4.57 Å². The second-order valence-electron chi connectivity index (χ2n) is 4.30. The summed E-state index contributed by atoms with van der Waals surface area (Å²) in [4.78, 5) is 1.27. The zero-order valence-corrected chi connectivity index (χ0v) is 11.0. The topological polar surface area (TPSA) is 29.9 Å². The molecule has 0 aliphatic heterocycles. The first-order valence-electron chi connectivity index (χ1n) is 5.32. The Kier molecular flexibility index (Phi) is 2.72. The molecule has 2 aromatic rings. The maximum absolute atomic E-state index is 5.84. The predicted octanol–water partition coefficient (Wildman–Crippen LogP) is 2.75. The summed E-state index contributed by atoms with van der Waals surface area (Å²) in [5.74, 6) is 0. The van der Waals surface area contributed by atoms with E-state index >= 15 is 0 Å². The average Bonchev–Trinajstić information content (AvgIpc) is 2.51. The quantitative estimate of drug-likeness (QED) is 0.754. The summed E-state index contributed by atoms with van der Waals surface area (Å²) in [6, 6.07) is 4.27. The van der Waals surface area contributed by atoms with Gasteiger partial charge in [0, 0.05) is 11.6 Å². The zero-order valence-electron chi connectivity index (χ0n) is 10.2. The van der Waals surface area contributed by atoms with Gasteiger partial charge in [0.1, 0.15) is 11.9 Å². The van der Waals surface area contributed by atoms with Gasteiger partial charge in [0.15, 0.2) is 6.20 Å². The standard InChI is InChI=1S/C13H16N2S/c1-8-5-11(15(4)7-10(8)3)13-9(2)6-12(14)16-13/h5-7,14H,1-4H3/p+1. The highest BCUT2D eigenvalue weighted by Gasteiger charge is 2.16. The van der Waals surface area contributed by atoms with Crippen molar-refractivity contribution in [2.24, 2.45) is 7.05 Å². The lowest BCUT2D eigenvalue weighted by Crippen LogP contribution is -2.31. The normalized spacial score (nSPS) is 10.8. The Morgan fingerprint density at radius 1 is 1.06 bits per heavy atom. The molecule has 0 radical (unpaired) electrons. The molecule has 0 aliphatic carbocycles. The van der Waals surface area contributed by atoms with Gasteiger partial charge < -0.3 is 5.73 Å². The highest BCUT2D eigenvalue weighted by Crippen LogP contribution is 2.32. The molecule has 0 spiro atoms. The van der Waals surface area contributed by atoms with Crippen molar-refractivity contribution < 1.29 is 4.57 Å². The van der Waals surface area contributed by atoms with Crippen LogP contribution in [0.1, 0.15) is 16.7 Å². The number of hydrogen-bond donors (Lipinski definition) is 1. The van der Waals surface area contributed by atoms with Crippen molar-refractivity contribution >= 4 is 16.3 Å². The van der Waals surface area contributed by atoms with E-state index in [-0.39, 0.29) is 0 Å². The molecule has 2 N–H and O–H groups in total. The van der Waals surface area contributed by atoms with E-state index in [1.807, 2.05) is 6.07 Å². The van der Waals surface area contributed by atoms with E-state index in [9.17, 15) is 0 Å². The SMILES string of the molecule is Cc1cc(-c2sc(N)cc2C)[n+](C)cc1C. The minimum atomic E-state index is 0.880. The van der Waals surface area contributed by atoms with Crippen LogP contribution in [0.4, 0.5) is 5.00 Å². The Morgan fingerprint density at radius 3 is 2.31 bits per heavy atom. The zero-order chi connectivity index (χ0) is 11.9. The molecule has 0 aromatic carbocycles. The molecule has 0 saturated heterocycles. The molecule has 84 valence electrons. The highest BCUT2D eigenvalue weighted by atomic mass is 32.1. The Hall–Kier alpha value is -1.35. The number of aromatic nitrogens is 1. The Balaban J connectivity index is 2.64. The summed E-state index contributed by atoms with van der Waals surface area (Å²) in [5.41, 5.74) is 11.0. The Morgan fingerprint density at radius 2 is 1.75 bits per heavy atom. The molecule has 3 heteroatoms. The van der Waals surface area contributed by atoms with Gasteiger partial charge in [-0.1, -0.05) is 0 Å². The van der Waals surface area contributed by atoms with Gasteiger partial charge in [-0.05, 0) is 38.0 Å². The van der Waals surface area contributed by atoms with Crippen LogP contribution in [0.5, 0.6) is 0 Å². The summed E-state index contributed by atoms with van der Waals surface area (Å²) in [6.07, 6.45) is 2.17. The molecule has 2 aromatic heterocycles. The maximum atomic E-state index is 5.84. The van der Waals surface area contributed by atoms with E-state index < -0.39 is 0 Å². The highest BCUT2D eigenvalue weighted by molar-refractivity contribution is 7.19. The second kappa shape index (κ2) is 3.91. The van der Waals surface area contributed by atoms with Crippen LogP contribution < -0.4 is 10.3 Å². The summed E-state index contributed by atoms with van der Waals surface area (Å²) >= 11 is 1.65. The van der Waals surface area contributed by atoms with E-state index in [1.165, 1.54) is 27.3 Å². The van der Waals surface area contributed by atoms with Gasteiger partial charge in [-0.15, -0.1) is 11.3 Å². The van der Waals surface area contributed by atoms with E-state index in [2.05, 4.69) is 44.6 Å². The van der Waals surface area contributed by atoms with Crippen molar-refractivity contribution in [1.82, 2.24) is 0 Å². The first kappa shape index (κ1) is 11.1. The van der Waals surface area contributed by atoms with Crippen LogP contribution in [0.15, 0.2) is 18.3 Å². The molecule has 2 rings (SSSR count). The lowest BCUT2D eigenvalue weighted by atomic mass is 10.1. The predicted molar refractivity (Wildman–Crippen MR) is 69.6 cm³/mol. The van der Waals surface area contributed by atoms with Crippen LogP contribution in [0.3, 0.4) is 0 Å². The molecule has 16 heavy (non-hydrogen) atoms. The van der Waals surface area contributed by atoms with Crippen molar-refractivity contribution in [1.29, 1.82) is 0 Å². The van der Waals surface area contributed by atoms with Crippen LogP contribution >= 0.6 is 11.3 Å². The monoisotopic (exact) mass is 233 g/mol. The minimum Gasteiger partial charge on any atom is -0.391 e. The third-order valence-electron chi connectivity index (χ3n) is 2.91. The fraction of sp³-hybridized carbons (Fsp3) is 0.308. The van der Waals surface area contributed by atoms with E-state index in [0.717, 1.165) is 5.00 Å². The number of rotatable bonds is 1. The number of nitrogen functional groups attached to an aromatic ring is 1. The number of nitrogens with zero attached hydrogens (tertiary/aromatic N) is 1. The molecular weight excluding hydrogens is 216 g/mol. The average molecular weight is 233 g/mol. The van der Waals surface area contributed by atoms with E-state index in [4.69, 9.17) is 5.73 Å². The Labute approximate surface area is 100 Å². The van der Waals surface area contributed by atoms with Crippen molar-refractivity contribution in [2.75, 3.05) is 5.73 Å². The summed E-state index contributed by atoms with van der Waals surface area (Å²) < 4.78 is 2.17. The third kappa shape index (κ3) is 1.83. The molecule has 0 fully saturated rings. The fourth-order valence-corrected chi connectivity index (χ4v) is 2.87. The second-order valence-corrected chi connectivity index (χ2v) is 5.38. The smallest absolute Gasteiger partial charge is 0.222 e. The molecule has 0 unspecified atom stereocenters. The maximum Gasteiger partial charge on any atom is 0.222 e. The number of hydrogen-bond acceptors (Lipinski definition) is 2.